The van der Waals surface area contributed by atoms with Crippen LogP contribution in [0.1, 0.15) is 5.56 Å². The summed E-state index contributed by atoms with van der Waals surface area (Å²) in [4.78, 5) is 10.8. The summed E-state index contributed by atoms with van der Waals surface area (Å²) in [6.45, 7) is 3.24. The topological polar surface area (TPSA) is 17.1 Å². The van der Waals surface area contributed by atoms with Crippen LogP contribution < -0.4 is 0 Å². The van der Waals surface area contributed by atoms with Crippen molar-refractivity contribution in [2.45, 2.75) is 6.42 Å². The average Bonchev–Trinajstić information content (AvgIpc) is 2.13. The molecular formula is C10H8F2O. The molecule has 1 nitrogen and oxygen atoms in total. The van der Waals surface area contributed by atoms with Crippen LogP contribution in [0.5, 0.6) is 0 Å². The number of ketones is 1. The van der Waals surface area contributed by atoms with Crippen LogP contribution >= 0.6 is 0 Å². The molecular weight excluding hydrogens is 174 g/mol. The van der Waals surface area contributed by atoms with Crippen LogP contribution in [0.3, 0.4) is 0 Å². The zero-order valence-electron chi connectivity index (χ0n) is 6.89. The van der Waals surface area contributed by atoms with Crippen molar-refractivity contribution in [1.29, 1.82) is 0 Å². The van der Waals surface area contributed by atoms with Crippen molar-refractivity contribution in [3.05, 3.63) is 48.1 Å². The maximum atomic E-state index is 12.9. The van der Waals surface area contributed by atoms with Crippen molar-refractivity contribution in [2.24, 2.45) is 0 Å². The Morgan fingerprint density at radius 2 is 2.15 bits per heavy atom. The van der Waals surface area contributed by atoms with E-state index in [1.807, 2.05) is 0 Å². The number of carbonyl (C=O) groups is 1. The second-order valence-corrected chi connectivity index (χ2v) is 2.56. The monoisotopic (exact) mass is 182 g/mol. The van der Waals surface area contributed by atoms with Gasteiger partial charge < -0.3 is 0 Å². The standard InChI is InChI=1S/C10H8F2O/c1-2-8(13)6-7-4-3-5-9(11)10(7)12/h2-5H,1,6H2. The van der Waals surface area contributed by atoms with Crippen molar-refractivity contribution in [3.8, 4) is 0 Å². The van der Waals surface area contributed by atoms with Gasteiger partial charge in [0.05, 0.1) is 0 Å². The predicted molar refractivity (Wildman–Crippen MR) is 45.3 cm³/mol. The maximum Gasteiger partial charge on any atom is 0.162 e. The summed E-state index contributed by atoms with van der Waals surface area (Å²) in [5, 5.41) is 0. The van der Waals surface area contributed by atoms with E-state index in [0.29, 0.717) is 0 Å². The lowest BCUT2D eigenvalue weighted by Crippen LogP contribution is -2.01. The first-order valence-corrected chi connectivity index (χ1v) is 3.73. The number of benzene rings is 1. The number of hydrogen-bond acceptors (Lipinski definition) is 1. The number of rotatable bonds is 3. The van der Waals surface area contributed by atoms with Gasteiger partial charge in [-0.25, -0.2) is 8.78 Å². The molecule has 1 aromatic carbocycles. The normalized spacial score (nSPS) is 9.69. The smallest absolute Gasteiger partial charge is 0.162 e. The molecule has 0 bridgehead atoms. The number of allylic oxidation sites excluding steroid dienone is 1. The van der Waals surface area contributed by atoms with E-state index in [9.17, 15) is 13.6 Å². The van der Waals surface area contributed by atoms with E-state index in [0.717, 1.165) is 12.1 Å². The van der Waals surface area contributed by atoms with E-state index < -0.39 is 11.6 Å². The van der Waals surface area contributed by atoms with Gasteiger partial charge in [0, 0.05) is 6.42 Å². The Kier molecular flexibility index (Phi) is 2.90. The lowest BCUT2D eigenvalue weighted by molar-refractivity contribution is -0.114. The molecule has 0 aliphatic rings. The zero-order valence-corrected chi connectivity index (χ0v) is 6.89. The van der Waals surface area contributed by atoms with E-state index in [1.165, 1.54) is 12.1 Å². The molecule has 1 rings (SSSR count). The van der Waals surface area contributed by atoms with Gasteiger partial charge in [-0.3, -0.25) is 4.79 Å². The first kappa shape index (κ1) is 9.58. The van der Waals surface area contributed by atoms with Gasteiger partial charge in [-0.1, -0.05) is 18.7 Å². The Morgan fingerprint density at radius 1 is 1.46 bits per heavy atom. The van der Waals surface area contributed by atoms with Gasteiger partial charge in [0.2, 0.25) is 0 Å². The Hall–Kier alpha value is -1.51. The van der Waals surface area contributed by atoms with Gasteiger partial charge in [0.25, 0.3) is 0 Å². The van der Waals surface area contributed by atoms with E-state index >= 15 is 0 Å². The van der Waals surface area contributed by atoms with Crippen molar-refractivity contribution in [3.63, 3.8) is 0 Å². The summed E-state index contributed by atoms with van der Waals surface area (Å²) >= 11 is 0. The third-order valence-electron chi connectivity index (χ3n) is 1.62. The van der Waals surface area contributed by atoms with Crippen LogP contribution in [0.25, 0.3) is 0 Å². The molecule has 0 fully saturated rings. The quantitative estimate of drug-likeness (QED) is 0.655. The summed E-state index contributed by atoms with van der Waals surface area (Å²) in [5.74, 6) is -2.23. The molecule has 0 aromatic heterocycles. The summed E-state index contributed by atoms with van der Waals surface area (Å²) < 4.78 is 25.6. The van der Waals surface area contributed by atoms with E-state index in [4.69, 9.17) is 0 Å². The lowest BCUT2D eigenvalue weighted by Gasteiger charge is -2.00. The third-order valence-corrected chi connectivity index (χ3v) is 1.62. The molecule has 0 unspecified atom stereocenters. The molecule has 0 N–H and O–H groups in total. The number of hydrogen-bond donors (Lipinski definition) is 0. The molecule has 0 amide bonds. The number of carbonyl (C=O) groups excluding carboxylic acids is 1. The lowest BCUT2D eigenvalue weighted by atomic mass is 10.1. The summed E-state index contributed by atoms with van der Waals surface area (Å²) in [7, 11) is 0. The fourth-order valence-electron chi connectivity index (χ4n) is 0.945. The Bertz CT molecular complexity index is 345. The fraction of sp³-hybridized carbons (Fsp3) is 0.100. The fourth-order valence-corrected chi connectivity index (χ4v) is 0.945. The molecule has 0 aliphatic heterocycles. The van der Waals surface area contributed by atoms with Crippen molar-refractivity contribution >= 4 is 5.78 Å². The third kappa shape index (κ3) is 2.21. The molecule has 68 valence electrons. The van der Waals surface area contributed by atoms with Gasteiger partial charge in [-0.05, 0) is 17.7 Å². The maximum absolute atomic E-state index is 12.9. The van der Waals surface area contributed by atoms with Crippen molar-refractivity contribution in [1.82, 2.24) is 0 Å². The van der Waals surface area contributed by atoms with E-state index in [-0.39, 0.29) is 17.8 Å². The molecule has 13 heavy (non-hydrogen) atoms. The molecule has 0 spiro atoms. The largest absolute Gasteiger partial charge is 0.295 e. The van der Waals surface area contributed by atoms with Crippen LogP contribution in [0.4, 0.5) is 8.78 Å². The van der Waals surface area contributed by atoms with Gasteiger partial charge >= 0.3 is 0 Å². The molecule has 0 saturated heterocycles. The Labute approximate surface area is 74.7 Å². The van der Waals surface area contributed by atoms with Crippen molar-refractivity contribution in [2.75, 3.05) is 0 Å². The molecule has 0 heterocycles. The van der Waals surface area contributed by atoms with Crippen LogP contribution in [0.2, 0.25) is 0 Å². The van der Waals surface area contributed by atoms with Crippen LogP contribution in [-0.2, 0) is 11.2 Å². The van der Waals surface area contributed by atoms with E-state index in [1.54, 1.807) is 0 Å². The Morgan fingerprint density at radius 3 is 2.77 bits per heavy atom. The van der Waals surface area contributed by atoms with Crippen LogP contribution in [0, 0.1) is 11.6 Å². The van der Waals surface area contributed by atoms with Crippen LogP contribution in [0.15, 0.2) is 30.9 Å². The molecule has 0 atom stereocenters. The summed E-state index contributed by atoms with van der Waals surface area (Å²) in [5.41, 5.74) is 0.0601. The average molecular weight is 182 g/mol. The highest BCUT2D eigenvalue weighted by Gasteiger charge is 2.09. The van der Waals surface area contributed by atoms with Gasteiger partial charge in [-0.15, -0.1) is 0 Å². The summed E-state index contributed by atoms with van der Waals surface area (Å²) in [6.07, 6.45) is 0.942. The number of halogens is 2. The second-order valence-electron chi connectivity index (χ2n) is 2.56. The minimum absolute atomic E-state index is 0.0601. The highest BCUT2D eigenvalue weighted by atomic mass is 19.2. The SMILES string of the molecule is C=CC(=O)Cc1cccc(F)c1F. The molecule has 0 radical (unpaired) electrons. The molecule has 1 aromatic rings. The predicted octanol–water partition coefficient (Wildman–Crippen LogP) is 2.26. The first-order chi connectivity index (χ1) is 6.15. The first-order valence-electron chi connectivity index (χ1n) is 3.73. The molecule has 3 heteroatoms. The zero-order chi connectivity index (χ0) is 9.84. The molecule has 0 aliphatic carbocycles. The molecule has 0 saturated carbocycles. The van der Waals surface area contributed by atoms with Crippen molar-refractivity contribution < 1.29 is 13.6 Å². The van der Waals surface area contributed by atoms with Crippen LogP contribution in [-0.4, -0.2) is 5.78 Å². The Balaban J connectivity index is 2.95. The van der Waals surface area contributed by atoms with Gasteiger partial charge in [0.15, 0.2) is 17.4 Å². The highest BCUT2D eigenvalue weighted by Crippen LogP contribution is 2.11. The van der Waals surface area contributed by atoms with Gasteiger partial charge in [-0.2, -0.15) is 0 Å². The second kappa shape index (κ2) is 3.94. The minimum Gasteiger partial charge on any atom is -0.295 e. The summed E-state index contributed by atoms with van der Waals surface area (Å²) in [6, 6.07) is 3.75. The van der Waals surface area contributed by atoms with E-state index in [2.05, 4.69) is 6.58 Å². The highest BCUT2D eigenvalue weighted by molar-refractivity contribution is 5.90. The minimum atomic E-state index is -0.960. The van der Waals surface area contributed by atoms with Gasteiger partial charge in [0.1, 0.15) is 0 Å².